The van der Waals surface area contributed by atoms with Crippen molar-refractivity contribution in [1.29, 1.82) is 0 Å². The minimum Gasteiger partial charge on any atom is -0.388 e. The zero-order valence-electron chi connectivity index (χ0n) is 8.09. The van der Waals surface area contributed by atoms with Crippen LogP contribution >= 0.6 is 0 Å². The Morgan fingerprint density at radius 2 is 2.00 bits per heavy atom. The molecular formula is C7H13N3O5. The fourth-order valence-corrected chi connectivity index (χ4v) is 1.38. The normalized spacial score (nSPS) is 40.9. The Morgan fingerprint density at radius 1 is 1.33 bits per heavy atom. The molecule has 0 aliphatic carbocycles. The number of nitrogens with zero attached hydrogens (tertiary/aromatic N) is 3. The van der Waals surface area contributed by atoms with Crippen LogP contribution in [-0.4, -0.2) is 59.7 Å². The van der Waals surface area contributed by atoms with Gasteiger partial charge in [0, 0.05) is 12.0 Å². The number of aliphatic hydroxyl groups is 3. The number of hydrogen-bond donors (Lipinski definition) is 3. The third-order valence-corrected chi connectivity index (χ3v) is 2.23. The summed E-state index contributed by atoms with van der Waals surface area (Å²) in [6.07, 6.45) is -5.95. The van der Waals surface area contributed by atoms with Crippen LogP contribution in [0.15, 0.2) is 5.11 Å². The molecule has 8 heteroatoms. The van der Waals surface area contributed by atoms with Crippen LogP contribution in [0.1, 0.15) is 0 Å². The van der Waals surface area contributed by atoms with Gasteiger partial charge in [-0.25, -0.2) is 0 Å². The average molecular weight is 219 g/mol. The van der Waals surface area contributed by atoms with Crippen LogP contribution in [0.25, 0.3) is 10.4 Å². The molecular weight excluding hydrogens is 206 g/mol. The molecule has 0 saturated carbocycles. The van der Waals surface area contributed by atoms with Crippen molar-refractivity contribution in [2.45, 2.75) is 30.7 Å². The minimum absolute atomic E-state index is 0.138. The van der Waals surface area contributed by atoms with E-state index in [2.05, 4.69) is 10.0 Å². The molecule has 2 unspecified atom stereocenters. The molecule has 0 radical (unpaired) electrons. The summed E-state index contributed by atoms with van der Waals surface area (Å²) < 4.78 is 9.84. The van der Waals surface area contributed by atoms with Crippen LogP contribution < -0.4 is 0 Å². The average Bonchev–Trinajstić information content (AvgIpc) is 2.25. The fraction of sp³-hybridized carbons (Fsp3) is 1.00. The summed E-state index contributed by atoms with van der Waals surface area (Å²) in [6.45, 7) is -0.138. The number of aliphatic hydroxyl groups excluding tert-OH is 3. The molecule has 0 spiro atoms. The zero-order valence-corrected chi connectivity index (χ0v) is 8.09. The summed E-state index contributed by atoms with van der Waals surface area (Å²) in [5.74, 6) is 0. The highest BCUT2D eigenvalue weighted by Crippen LogP contribution is 2.21. The molecule has 8 nitrogen and oxygen atoms in total. The fourth-order valence-electron chi connectivity index (χ4n) is 1.38. The SMILES string of the molecule is CO[C@@H]1OC(CN=[N+]=[N-])[C@H](O)[C@H](O)C1O. The first kappa shape index (κ1) is 12.2. The lowest BCUT2D eigenvalue weighted by Gasteiger charge is -2.39. The number of ether oxygens (including phenoxy) is 2. The molecule has 1 aliphatic rings. The quantitative estimate of drug-likeness (QED) is 0.310. The van der Waals surface area contributed by atoms with Crippen molar-refractivity contribution in [3.05, 3.63) is 10.4 Å². The van der Waals surface area contributed by atoms with Gasteiger partial charge in [0.05, 0.1) is 12.6 Å². The van der Waals surface area contributed by atoms with Crippen LogP contribution in [0, 0.1) is 0 Å². The highest BCUT2D eigenvalue weighted by molar-refractivity contribution is 4.89. The van der Waals surface area contributed by atoms with E-state index in [0.29, 0.717) is 0 Å². The summed E-state index contributed by atoms with van der Waals surface area (Å²) in [5.41, 5.74) is 8.10. The molecule has 0 aromatic carbocycles. The van der Waals surface area contributed by atoms with E-state index in [4.69, 9.17) is 15.0 Å². The van der Waals surface area contributed by atoms with Crippen molar-refractivity contribution >= 4 is 0 Å². The van der Waals surface area contributed by atoms with Gasteiger partial charge in [0.1, 0.15) is 18.3 Å². The second-order valence-electron chi connectivity index (χ2n) is 3.16. The topological polar surface area (TPSA) is 128 Å². The van der Waals surface area contributed by atoms with Gasteiger partial charge in [-0.05, 0) is 5.53 Å². The van der Waals surface area contributed by atoms with Gasteiger partial charge in [0.25, 0.3) is 0 Å². The van der Waals surface area contributed by atoms with E-state index < -0.39 is 30.7 Å². The Balaban J connectivity index is 2.69. The zero-order chi connectivity index (χ0) is 11.4. The second-order valence-corrected chi connectivity index (χ2v) is 3.16. The first-order chi connectivity index (χ1) is 7.11. The Bertz CT molecular complexity index is 255. The maximum Gasteiger partial charge on any atom is 0.186 e. The molecule has 3 N–H and O–H groups in total. The lowest BCUT2D eigenvalue weighted by molar-refractivity contribution is -0.287. The van der Waals surface area contributed by atoms with Gasteiger partial charge in [-0.3, -0.25) is 0 Å². The van der Waals surface area contributed by atoms with Crippen LogP contribution in [-0.2, 0) is 9.47 Å². The van der Waals surface area contributed by atoms with Crippen LogP contribution in [0.4, 0.5) is 0 Å². The minimum atomic E-state index is -1.39. The molecule has 0 bridgehead atoms. The Morgan fingerprint density at radius 3 is 2.53 bits per heavy atom. The number of azide groups is 1. The summed E-state index contributed by atoms with van der Waals surface area (Å²) in [5, 5.41) is 31.5. The maximum absolute atomic E-state index is 9.47. The number of rotatable bonds is 3. The van der Waals surface area contributed by atoms with Crippen molar-refractivity contribution in [1.82, 2.24) is 0 Å². The largest absolute Gasteiger partial charge is 0.388 e. The van der Waals surface area contributed by atoms with E-state index >= 15 is 0 Å². The number of hydrogen-bond acceptors (Lipinski definition) is 6. The molecule has 0 aromatic rings. The third-order valence-electron chi connectivity index (χ3n) is 2.23. The molecule has 1 aliphatic heterocycles. The lowest BCUT2D eigenvalue weighted by atomic mass is 9.99. The molecule has 86 valence electrons. The Kier molecular flexibility index (Phi) is 4.28. The van der Waals surface area contributed by atoms with E-state index in [1.54, 1.807) is 0 Å². The molecule has 0 amide bonds. The standard InChI is InChI=1S/C7H13N3O5/c1-14-7-6(13)5(12)4(11)3(15-7)2-9-10-8/h3-7,11-13H,2H2,1H3/t3?,4-,5-,6?,7+/m0/s1. The van der Waals surface area contributed by atoms with Crippen molar-refractivity contribution in [2.24, 2.45) is 5.11 Å². The Hall–Kier alpha value is -0.890. The summed E-state index contributed by atoms with van der Waals surface area (Å²) in [6, 6.07) is 0. The van der Waals surface area contributed by atoms with Crippen LogP contribution in [0.5, 0.6) is 0 Å². The summed E-state index contributed by atoms with van der Waals surface area (Å²) >= 11 is 0. The monoisotopic (exact) mass is 219 g/mol. The molecule has 5 atom stereocenters. The van der Waals surface area contributed by atoms with Gasteiger partial charge < -0.3 is 24.8 Å². The molecule has 1 rings (SSSR count). The highest BCUT2D eigenvalue weighted by atomic mass is 16.7. The molecule has 1 fully saturated rings. The predicted octanol–water partition coefficient (Wildman–Crippen LogP) is -1.25. The van der Waals surface area contributed by atoms with E-state index in [9.17, 15) is 15.3 Å². The summed E-state index contributed by atoms with van der Waals surface area (Å²) in [4.78, 5) is 2.51. The van der Waals surface area contributed by atoms with Crippen molar-refractivity contribution in [3.8, 4) is 0 Å². The van der Waals surface area contributed by atoms with Gasteiger partial charge in [-0.15, -0.1) is 0 Å². The smallest absolute Gasteiger partial charge is 0.186 e. The molecule has 0 aromatic heterocycles. The van der Waals surface area contributed by atoms with E-state index in [1.807, 2.05) is 0 Å². The Labute approximate surface area is 85.7 Å². The molecule has 1 saturated heterocycles. The van der Waals surface area contributed by atoms with Gasteiger partial charge in [0.15, 0.2) is 6.29 Å². The van der Waals surface area contributed by atoms with E-state index in [0.717, 1.165) is 0 Å². The van der Waals surface area contributed by atoms with Crippen LogP contribution in [0.3, 0.4) is 0 Å². The third kappa shape index (κ3) is 2.57. The molecule has 1 heterocycles. The van der Waals surface area contributed by atoms with Gasteiger partial charge in [-0.2, -0.15) is 0 Å². The van der Waals surface area contributed by atoms with Gasteiger partial charge >= 0.3 is 0 Å². The van der Waals surface area contributed by atoms with Crippen molar-refractivity contribution in [3.63, 3.8) is 0 Å². The second kappa shape index (κ2) is 5.26. The highest BCUT2D eigenvalue weighted by Gasteiger charge is 2.43. The first-order valence-electron chi connectivity index (χ1n) is 4.35. The van der Waals surface area contributed by atoms with Gasteiger partial charge in [-0.1, -0.05) is 5.11 Å². The first-order valence-corrected chi connectivity index (χ1v) is 4.35. The maximum atomic E-state index is 9.47. The molecule has 15 heavy (non-hydrogen) atoms. The van der Waals surface area contributed by atoms with E-state index in [-0.39, 0.29) is 6.54 Å². The summed E-state index contributed by atoms with van der Waals surface area (Å²) in [7, 11) is 1.29. The van der Waals surface area contributed by atoms with E-state index in [1.165, 1.54) is 7.11 Å². The predicted molar refractivity (Wildman–Crippen MR) is 47.7 cm³/mol. The number of methoxy groups -OCH3 is 1. The van der Waals surface area contributed by atoms with Crippen molar-refractivity contribution in [2.75, 3.05) is 13.7 Å². The van der Waals surface area contributed by atoms with Crippen molar-refractivity contribution < 1.29 is 24.8 Å². The lowest BCUT2D eigenvalue weighted by Crippen LogP contribution is -2.58. The van der Waals surface area contributed by atoms with Crippen LogP contribution in [0.2, 0.25) is 0 Å². The van der Waals surface area contributed by atoms with Gasteiger partial charge in [0.2, 0.25) is 0 Å².